The molecule has 160 valence electrons. The maximum Gasteiger partial charge on any atom is 0.266 e. The highest BCUT2D eigenvalue weighted by Crippen LogP contribution is 2.25. The second kappa shape index (κ2) is 8.29. The van der Waals surface area contributed by atoms with Gasteiger partial charge in [-0.2, -0.15) is 0 Å². The molecule has 1 aliphatic heterocycles. The highest BCUT2D eigenvalue weighted by molar-refractivity contribution is 5.97. The van der Waals surface area contributed by atoms with Crippen molar-refractivity contribution in [2.45, 2.75) is 19.4 Å². The monoisotopic (exact) mass is 422 g/mol. The van der Waals surface area contributed by atoms with Crippen LogP contribution in [0.2, 0.25) is 0 Å². The summed E-state index contributed by atoms with van der Waals surface area (Å²) >= 11 is 0. The first-order chi connectivity index (χ1) is 14.8. The van der Waals surface area contributed by atoms with Crippen molar-refractivity contribution in [2.24, 2.45) is 5.92 Å². The first-order valence-corrected chi connectivity index (χ1v) is 10.0. The molecule has 31 heavy (non-hydrogen) atoms. The van der Waals surface area contributed by atoms with Crippen LogP contribution in [0.15, 0.2) is 55.0 Å². The van der Waals surface area contributed by atoms with Gasteiger partial charge in [-0.1, -0.05) is 0 Å². The number of amides is 2. The van der Waals surface area contributed by atoms with Crippen LogP contribution in [0.3, 0.4) is 0 Å². The molecule has 2 heterocycles. The highest BCUT2D eigenvalue weighted by atomic mass is 19.1. The third-order valence-electron chi connectivity index (χ3n) is 5.26. The number of nitrogens with one attached hydrogen (secondary N) is 1. The predicted octanol–water partition coefficient (Wildman–Crippen LogP) is 2.81. The Morgan fingerprint density at radius 3 is 2.68 bits per heavy atom. The second-order valence-electron chi connectivity index (χ2n) is 8.15. The Morgan fingerprint density at radius 1 is 1.19 bits per heavy atom. The molecule has 0 aliphatic carbocycles. The number of halogens is 1. The number of benzene rings is 2. The van der Waals surface area contributed by atoms with Crippen LogP contribution in [0.25, 0.3) is 10.9 Å². The molecule has 7 nitrogen and oxygen atoms in total. The van der Waals surface area contributed by atoms with Gasteiger partial charge in [-0.15, -0.1) is 0 Å². The van der Waals surface area contributed by atoms with E-state index in [2.05, 4.69) is 15.3 Å². The molecule has 0 bridgehead atoms. The molecule has 0 spiro atoms. The topological polar surface area (TPSA) is 84.4 Å². The molecule has 0 saturated carbocycles. The van der Waals surface area contributed by atoms with E-state index in [9.17, 15) is 14.0 Å². The Morgan fingerprint density at radius 2 is 1.94 bits per heavy atom. The molecule has 1 N–H and O–H groups in total. The number of hydrogen-bond donors (Lipinski definition) is 1. The molecule has 1 fully saturated rings. The van der Waals surface area contributed by atoms with Crippen LogP contribution in [0.4, 0.5) is 4.39 Å². The summed E-state index contributed by atoms with van der Waals surface area (Å²) in [4.78, 5) is 35.1. The predicted molar refractivity (Wildman–Crippen MR) is 113 cm³/mol. The van der Waals surface area contributed by atoms with Gasteiger partial charge >= 0.3 is 0 Å². The average molecular weight is 422 g/mol. The van der Waals surface area contributed by atoms with Crippen LogP contribution in [-0.4, -0.2) is 51.9 Å². The fourth-order valence-electron chi connectivity index (χ4n) is 3.55. The fraction of sp³-hybridized carbons (Fsp3) is 0.304. The van der Waals surface area contributed by atoms with Gasteiger partial charge in [0.05, 0.1) is 5.52 Å². The molecule has 0 radical (unpaired) electrons. The van der Waals surface area contributed by atoms with Gasteiger partial charge in [0.25, 0.3) is 11.8 Å². The second-order valence-corrected chi connectivity index (χ2v) is 8.15. The SMILES string of the molecule is CC(C)(Oc1ccc(F)cc1)C(=O)N1CC(CNC(=O)c2ccc3ncncc3c2)C1. The standard InChI is InChI=1S/C23H23FN4O3/c1-23(2,31-19-6-4-18(24)5-7-19)22(30)28-12-15(13-28)10-26-21(29)16-3-8-20-17(9-16)11-25-14-27-20/h3-9,11,14-15H,10,12-13H2,1-2H3,(H,26,29). The van der Waals surface area contributed by atoms with E-state index >= 15 is 0 Å². The van der Waals surface area contributed by atoms with E-state index in [0.29, 0.717) is 30.9 Å². The minimum Gasteiger partial charge on any atom is -0.478 e. The van der Waals surface area contributed by atoms with E-state index in [4.69, 9.17) is 4.74 Å². The number of carbonyl (C=O) groups is 2. The van der Waals surface area contributed by atoms with Crippen LogP contribution < -0.4 is 10.1 Å². The molecule has 1 saturated heterocycles. The van der Waals surface area contributed by atoms with E-state index in [1.165, 1.54) is 30.6 Å². The van der Waals surface area contributed by atoms with Crippen molar-refractivity contribution in [2.75, 3.05) is 19.6 Å². The third kappa shape index (κ3) is 4.63. The Labute approximate surface area is 179 Å². The molecular weight excluding hydrogens is 399 g/mol. The lowest BCUT2D eigenvalue weighted by atomic mass is 9.96. The Kier molecular flexibility index (Phi) is 5.54. The number of rotatable bonds is 6. The lowest BCUT2D eigenvalue weighted by molar-refractivity contribution is -0.152. The smallest absolute Gasteiger partial charge is 0.266 e. The summed E-state index contributed by atoms with van der Waals surface area (Å²) in [5.41, 5.74) is 0.257. The van der Waals surface area contributed by atoms with Crippen molar-refractivity contribution in [1.29, 1.82) is 0 Å². The van der Waals surface area contributed by atoms with Crippen LogP contribution in [0.1, 0.15) is 24.2 Å². The summed E-state index contributed by atoms with van der Waals surface area (Å²) in [5.74, 6) is -0.0613. The lowest BCUT2D eigenvalue weighted by Crippen LogP contribution is -2.59. The third-order valence-corrected chi connectivity index (χ3v) is 5.26. The Balaban J connectivity index is 1.27. The number of hydrogen-bond acceptors (Lipinski definition) is 5. The number of likely N-dealkylation sites (tertiary alicyclic amines) is 1. The number of fused-ring (bicyclic) bond motifs is 1. The van der Waals surface area contributed by atoms with E-state index in [-0.39, 0.29) is 23.5 Å². The number of nitrogens with zero attached hydrogens (tertiary/aromatic N) is 3. The maximum atomic E-state index is 13.1. The van der Waals surface area contributed by atoms with Crippen LogP contribution in [0.5, 0.6) is 5.75 Å². The summed E-state index contributed by atoms with van der Waals surface area (Å²) in [6.07, 6.45) is 3.14. The minimum atomic E-state index is -1.07. The van der Waals surface area contributed by atoms with Crippen molar-refractivity contribution in [3.8, 4) is 5.75 Å². The van der Waals surface area contributed by atoms with E-state index in [1.807, 2.05) is 0 Å². The maximum absolute atomic E-state index is 13.1. The van der Waals surface area contributed by atoms with Gasteiger partial charge in [-0.3, -0.25) is 9.59 Å². The van der Waals surface area contributed by atoms with E-state index in [1.54, 1.807) is 43.1 Å². The first kappa shape index (κ1) is 20.7. The van der Waals surface area contributed by atoms with Gasteiger partial charge in [0.15, 0.2) is 5.60 Å². The molecular formula is C23H23FN4O3. The van der Waals surface area contributed by atoms with Gasteiger partial charge in [0.2, 0.25) is 0 Å². The molecule has 1 aromatic heterocycles. The van der Waals surface area contributed by atoms with Gasteiger partial charge in [-0.25, -0.2) is 14.4 Å². The van der Waals surface area contributed by atoms with Crippen LogP contribution in [0, 0.1) is 11.7 Å². The minimum absolute atomic E-state index is 0.145. The van der Waals surface area contributed by atoms with Gasteiger partial charge in [0.1, 0.15) is 17.9 Å². The van der Waals surface area contributed by atoms with Gasteiger partial charge in [0, 0.05) is 42.7 Å². The molecule has 1 aliphatic rings. The summed E-state index contributed by atoms with van der Waals surface area (Å²) in [6, 6.07) is 10.9. The zero-order valence-electron chi connectivity index (χ0n) is 17.3. The molecule has 2 aromatic carbocycles. The zero-order chi connectivity index (χ0) is 22.0. The number of ether oxygens (including phenoxy) is 1. The van der Waals surface area contributed by atoms with Gasteiger partial charge < -0.3 is 15.0 Å². The van der Waals surface area contributed by atoms with Crippen molar-refractivity contribution in [1.82, 2.24) is 20.2 Å². The summed E-state index contributed by atoms with van der Waals surface area (Å²) < 4.78 is 18.8. The largest absolute Gasteiger partial charge is 0.478 e. The van der Waals surface area contributed by atoms with E-state index in [0.717, 1.165) is 10.9 Å². The quantitative estimate of drug-likeness (QED) is 0.660. The van der Waals surface area contributed by atoms with Crippen molar-refractivity contribution in [3.63, 3.8) is 0 Å². The highest BCUT2D eigenvalue weighted by Gasteiger charge is 2.40. The Bertz CT molecular complexity index is 1110. The molecule has 3 aromatic rings. The fourth-order valence-corrected chi connectivity index (χ4v) is 3.55. The normalized spacial score (nSPS) is 14.2. The van der Waals surface area contributed by atoms with Crippen molar-refractivity contribution >= 4 is 22.7 Å². The van der Waals surface area contributed by atoms with Crippen molar-refractivity contribution < 1.29 is 18.7 Å². The molecule has 2 amide bonds. The number of carbonyl (C=O) groups excluding carboxylic acids is 2. The van der Waals surface area contributed by atoms with Crippen molar-refractivity contribution in [3.05, 3.63) is 66.4 Å². The Hall–Kier alpha value is -3.55. The molecule has 0 atom stereocenters. The van der Waals surface area contributed by atoms with Crippen LogP contribution >= 0.6 is 0 Å². The zero-order valence-corrected chi connectivity index (χ0v) is 17.3. The summed E-state index contributed by atoms with van der Waals surface area (Å²) in [7, 11) is 0. The van der Waals surface area contributed by atoms with Crippen LogP contribution in [-0.2, 0) is 4.79 Å². The number of aromatic nitrogens is 2. The first-order valence-electron chi connectivity index (χ1n) is 10.0. The summed E-state index contributed by atoms with van der Waals surface area (Å²) in [5, 5.41) is 3.73. The lowest BCUT2D eigenvalue weighted by Gasteiger charge is -2.43. The average Bonchev–Trinajstić information content (AvgIpc) is 2.73. The van der Waals surface area contributed by atoms with E-state index < -0.39 is 5.60 Å². The summed E-state index contributed by atoms with van der Waals surface area (Å²) in [6.45, 7) is 4.95. The molecule has 4 rings (SSSR count). The molecule has 8 heteroatoms. The van der Waals surface area contributed by atoms with Gasteiger partial charge in [-0.05, 0) is 56.3 Å². The molecule has 0 unspecified atom stereocenters.